The van der Waals surface area contributed by atoms with Gasteiger partial charge in [-0.2, -0.15) is 0 Å². The number of nitrogens with zero attached hydrogens (tertiary/aromatic N) is 3. The van der Waals surface area contributed by atoms with Crippen molar-refractivity contribution >= 4 is 11.8 Å². The molecule has 2 amide bonds. The van der Waals surface area contributed by atoms with Crippen molar-refractivity contribution in [2.75, 3.05) is 72.1 Å². The molecular weight excluding hydrogens is 284 g/mol. The van der Waals surface area contributed by atoms with Crippen LogP contribution in [0.25, 0.3) is 0 Å². The summed E-state index contributed by atoms with van der Waals surface area (Å²) in [6.45, 7) is 10.9. The van der Waals surface area contributed by atoms with Crippen LogP contribution in [-0.4, -0.2) is 98.6 Å². The van der Waals surface area contributed by atoms with Crippen LogP contribution in [0.3, 0.4) is 0 Å². The van der Waals surface area contributed by atoms with E-state index in [0.29, 0.717) is 45.9 Å². The number of ether oxygens (including phenoxy) is 1. The molecule has 22 heavy (non-hydrogen) atoms. The third kappa shape index (κ3) is 5.40. The van der Waals surface area contributed by atoms with Crippen LogP contribution in [0.2, 0.25) is 0 Å². The van der Waals surface area contributed by atoms with Gasteiger partial charge in [0, 0.05) is 45.8 Å². The summed E-state index contributed by atoms with van der Waals surface area (Å²) in [5.74, 6) is 0.186. The molecule has 2 aliphatic rings. The summed E-state index contributed by atoms with van der Waals surface area (Å²) in [5.41, 5.74) is 0. The van der Waals surface area contributed by atoms with Gasteiger partial charge in [-0.3, -0.25) is 19.4 Å². The quantitative estimate of drug-likeness (QED) is 0.622. The molecule has 2 fully saturated rings. The van der Waals surface area contributed by atoms with E-state index >= 15 is 0 Å². The van der Waals surface area contributed by atoms with Gasteiger partial charge in [0.05, 0.1) is 26.3 Å². The average Bonchev–Trinajstić information content (AvgIpc) is 2.54. The van der Waals surface area contributed by atoms with Gasteiger partial charge in [-0.1, -0.05) is 6.08 Å². The second-order valence-electron chi connectivity index (χ2n) is 5.64. The van der Waals surface area contributed by atoms with Crippen molar-refractivity contribution in [3.63, 3.8) is 0 Å². The Labute approximate surface area is 131 Å². The van der Waals surface area contributed by atoms with Crippen LogP contribution < -0.4 is 5.32 Å². The second kappa shape index (κ2) is 8.87. The number of carbonyl (C=O) groups is 2. The molecule has 2 rings (SSSR count). The van der Waals surface area contributed by atoms with Crippen molar-refractivity contribution in [1.82, 2.24) is 20.0 Å². The molecule has 0 bridgehead atoms. The molecule has 0 spiro atoms. The summed E-state index contributed by atoms with van der Waals surface area (Å²) in [7, 11) is 0. The molecule has 124 valence electrons. The highest BCUT2D eigenvalue weighted by molar-refractivity contribution is 5.79. The first-order chi connectivity index (χ1) is 10.7. The Morgan fingerprint density at radius 3 is 2.27 bits per heavy atom. The van der Waals surface area contributed by atoms with Crippen LogP contribution in [0.4, 0.5) is 0 Å². The van der Waals surface area contributed by atoms with Gasteiger partial charge in [0.15, 0.2) is 0 Å². The minimum atomic E-state index is 0.00740. The lowest BCUT2D eigenvalue weighted by molar-refractivity contribution is -0.135. The van der Waals surface area contributed by atoms with E-state index in [4.69, 9.17) is 4.74 Å². The molecule has 0 radical (unpaired) electrons. The minimum absolute atomic E-state index is 0.00740. The summed E-state index contributed by atoms with van der Waals surface area (Å²) >= 11 is 0. The fourth-order valence-electron chi connectivity index (χ4n) is 2.65. The summed E-state index contributed by atoms with van der Waals surface area (Å²) < 4.78 is 5.29. The van der Waals surface area contributed by atoms with E-state index in [1.165, 1.54) is 0 Å². The Bertz CT molecular complexity index is 388. The predicted octanol–water partition coefficient (Wildman–Crippen LogP) is -1.23. The lowest BCUT2D eigenvalue weighted by Crippen LogP contribution is -2.53. The number of nitrogens with one attached hydrogen (secondary N) is 1. The molecule has 0 aromatic heterocycles. The van der Waals surface area contributed by atoms with Crippen LogP contribution in [0.5, 0.6) is 0 Å². The molecule has 0 unspecified atom stereocenters. The maximum absolute atomic E-state index is 12.3. The maximum Gasteiger partial charge on any atom is 0.236 e. The number of carbonyl (C=O) groups excluding carboxylic acids is 2. The van der Waals surface area contributed by atoms with Crippen molar-refractivity contribution in [2.24, 2.45) is 0 Å². The van der Waals surface area contributed by atoms with Gasteiger partial charge in [-0.15, -0.1) is 6.58 Å². The van der Waals surface area contributed by atoms with Crippen LogP contribution in [0, 0.1) is 0 Å². The lowest BCUT2D eigenvalue weighted by atomic mass is 10.3. The van der Waals surface area contributed by atoms with E-state index in [2.05, 4.69) is 21.7 Å². The fourth-order valence-corrected chi connectivity index (χ4v) is 2.65. The molecule has 0 atom stereocenters. The molecule has 2 aliphatic heterocycles. The van der Waals surface area contributed by atoms with Crippen molar-refractivity contribution in [3.8, 4) is 0 Å². The van der Waals surface area contributed by atoms with Gasteiger partial charge in [0.1, 0.15) is 0 Å². The van der Waals surface area contributed by atoms with Gasteiger partial charge in [-0.05, 0) is 0 Å². The SMILES string of the molecule is C=CCNC(=O)CN1CCN(C(=O)CN2CCOCC2)CC1. The minimum Gasteiger partial charge on any atom is -0.379 e. The zero-order valence-electron chi connectivity index (χ0n) is 13.1. The lowest BCUT2D eigenvalue weighted by Gasteiger charge is -2.36. The third-order valence-corrected chi connectivity index (χ3v) is 4.00. The number of hydrogen-bond donors (Lipinski definition) is 1. The average molecular weight is 310 g/mol. The molecule has 2 saturated heterocycles. The van der Waals surface area contributed by atoms with Gasteiger partial charge < -0.3 is 15.0 Å². The highest BCUT2D eigenvalue weighted by Gasteiger charge is 2.24. The topological polar surface area (TPSA) is 65.1 Å². The first-order valence-corrected chi connectivity index (χ1v) is 7.87. The van der Waals surface area contributed by atoms with Crippen molar-refractivity contribution in [2.45, 2.75) is 0 Å². The van der Waals surface area contributed by atoms with E-state index in [0.717, 1.165) is 26.2 Å². The zero-order chi connectivity index (χ0) is 15.8. The van der Waals surface area contributed by atoms with Gasteiger partial charge in [0.2, 0.25) is 11.8 Å². The summed E-state index contributed by atoms with van der Waals surface area (Å²) in [5, 5.41) is 2.77. The second-order valence-corrected chi connectivity index (χ2v) is 5.64. The maximum atomic E-state index is 12.3. The molecule has 7 heteroatoms. The normalized spacial score (nSPS) is 20.6. The number of piperazine rings is 1. The smallest absolute Gasteiger partial charge is 0.236 e. The molecule has 1 N–H and O–H groups in total. The van der Waals surface area contributed by atoms with Crippen LogP contribution in [0.15, 0.2) is 12.7 Å². The number of rotatable bonds is 6. The zero-order valence-corrected chi connectivity index (χ0v) is 13.1. The van der Waals surface area contributed by atoms with Crippen LogP contribution in [-0.2, 0) is 14.3 Å². The first kappa shape index (κ1) is 16.9. The van der Waals surface area contributed by atoms with E-state index in [9.17, 15) is 9.59 Å². The molecule has 0 aliphatic carbocycles. The van der Waals surface area contributed by atoms with Crippen molar-refractivity contribution < 1.29 is 14.3 Å². The third-order valence-electron chi connectivity index (χ3n) is 4.00. The fraction of sp³-hybridized carbons (Fsp3) is 0.733. The van der Waals surface area contributed by atoms with Gasteiger partial charge in [-0.25, -0.2) is 0 Å². The monoisotopic (exact) mass is 310 g/mol. The molecular formula is C15H26N4O3. The van der Waals surface area contributed by atoms with Crippen LogP contribution in [0.1, 0.15) is 0 Å². The number of morpholine rings is 1. The van der Waals surface area contributed by atoms with E-state index in [1.807, 2.05) is 4.90 Å². The van der Waals surface area contributed by atoms with Gasteiger partial charge in [0.25, 0.3) is 0 Å². The van der Waals surface area contributed by atoms with Crippen LogP contribution >= 0.6 is 0 Å². The Morgan fingerprint density at radius 2 is 1.64 bits per heavy atom. The summed E-state index contributed by atoms with van der Waals surface area (Å²) in [4.78, 5) is 30.0. The standard InChI is InChI=1S/C15H26N4O3/c1-2-3-16-14(20)12-17-4-6-19(7-5-17)15(21)13-18-8-10-22-11-9-18/h2H,1,3-13H2,(H,16,20). The largest absolute Gasteiger partial charge is 0.379 e. The van der Waals surface area contributed by atoms with Crippen molar-refractivity contribution in [3.05, 3.63) is 12.7 Å². The number of amides is 2. The molecule has 0 saturated carbocycles. The molecule has 7 nitrogen and oxygen atoms in total. The van der Waals surface area contributed by atoms with Gasteiger partial charge >= 0.3 is 0 Å². The molecule has 0 aromatic rings. The summed E-state index contributed by atoms with van der Waals surface area (Å²) in [6, 6.07) is 0. The first-order valence-electron chi connectivity index (χ1n) is 7.87. The van der Waals surface area contributed by atoms with E-state index in [-0.39, 0.29) is 11.8 Å². The Hall–Kier alpha value is -1.44. The Balaban J connectivity index is 1.66. The van der Waals surface area contributed by atoms with Crippen molar-refractivity contribution in [1.29, 1.82) is 0 Å². The highest BCUT2D eigenvalue weighted by atomic mass is 16.5. The molecule has 2 heterocycles. The van der Waals surface area contributed by atoms with E-state index in [1.54, 1.807) is 6.08 Å². The molecule has 0 aromatic carbocycles. The summed E-state index contributed by atoms with van der Waals surface area (Å²) in [6.07, 6.45) is 1.67. The van der Waals surface area contributed by atoms with E-state index < -0.39 is 0 Å². The number of hydrogen-bond acceptors (Lipinski definition) is 5. The Morgan fingerprint density at radius 1 is 1.00 bits per heavy atom. The predicted molar refractivity (Wildman–Crippen MR) is 83.5 cm³/mol. The Kier molecular flexibility index (Phi) is 6.82. The highest BCUT2D eigenvalue weighted by Crippen LogP contribution is 2.04.